The van der Waals surface area contributed by atoms with Crippen LogP contribution in [0.5, 0.6) is 5.75 Å². The van der Waals surface area contributed by atoms with Gasteiger partial charge >= 0.3 is 0 Å². The van der Waals surface area contributed by atoms with Crippen LogP contribution in [0.4, 0.5) is 5.69 Å². The summed E-state index contributed by atoms with van der Waals surface area (Å²) in [7, 11) is 1.57. The van der Waals surface area contributed by atoms with E-state index in [4.69, 9.17) is 4.74 Å². The van der Waals surface area contributed by atoms with E-state index in [1.807, 2.05) is 37.3 Å². The van der Waals surface area contributed by atoms with E-state index in [-0.39, 0.29) is 17.9 Å². The predicted octanol–water partition coefficient (Wildman–Crippen LogP) is 5.20. The molecule has 1 unspecified atom stereocenters. The summed E-state index contributed by atoms with van der Waals surface area (Å²) in [6.07, 6.45) is 0. The van der Waals surface area contributed by atoms with E-state index in [0.29, 0.717) is 27.0 Å². The zero-order valence-electron chi connectivity index (χ0n) is 16.1. The Morgan fingerprint density at radius 1 is 0.897 bits per heavy atom. The SMILES string of the molecule is COc1ccc(C(=O)Nc2ccc(C(=O)NC(C)c3ccccc3)cc2)cc1Br. The van der Waals surface area contributed by atoms with Gasteiger partial charge in [-0.15, -0.1) is 0 Å². The molecular weight excluding hydrogens is 432 g/mol. The molecule has 0 saturated heterocycles. The van der Waals surface area contributed by atoms with Crippen LogP contribution in [0.1, 0.15) is 39.2 Å². The van der Waals surface area contributed by atoms with Crippen molar-refractivity contribution in [1.82, 2.24) is 5.32 Å². The smallest absolute Gasteiger partial charge is 0.255 e. The van der Waals surface area contributed by atoms with Crippen molar-refractivity contribution in [2.24, 2.45) is 0 Å². The van der Waals surface area contributed by atoms with Gasteiger partial charge in [0, 0.05) is 16.8 Å². The van der Waals surface area contributed by atoms with Crippen molar-refractivity contribution < 1.29 is 14.3 Å². The van der Waals surface area contributed by atoms with Gasteiger partial charge in [0.1, 0.15) is 5.75 Å². The van der Waals surface area contributed by atoms with Crippen LogP contribution in [0.25, 0.3) is 0 Å². The minimum absolute atomic E-state index is 0.100. The van der Waals surface area contributed by atoms with Gasteiger partial charge in [0.05, 0.1) is 17.6 Å². The quantitative estimate of drug-likeness (QED) is 0.539. The molecule has 0 heterocycles. The van der Waals surface area contributed by atoms with Crippen LogP contribution >= 0.6 is 15.9 Å². The third-order valence-electron chi connectivity index (χ3n) is 4.47. The Bertz CT molecular complexity index is 1000. The number of benzene rings is 3. The Morgan fingerprint density at radius 2 is 1.55 bits per heavy atom. The zero-order chi connectivity index (χ0) is 20.8. The number of ether oxygens (including phenoxy) is 1. The maximum atomic E-state index is 12.5. The molecular formula is C23H21BrN2O3. The zero-order valence-corrected chi connectivity index (χ0v) is 17.7. The molecule has 0 fully saturated rings. The molecule has 0 bridgehead atoms. The molecule has 1 atom stereocenters. The van der Waals surface area contributed by atoms with Crippen molar-refractivity contribution in [3.63, 3.8) is 0 Å². The standard InChI is InChI=1S/C23H21BrN2O3/c1-15(16-6-4-3-5-7-16)25-22(27)17-8-11-19(12-9-17)26-23(28)18-10-13-21(29-2)20(24)14-18/h3-15H,1-2H3,(H,25,27)(H,26,28). The van der Waals surface area contributed by atoms with E-state index >= 15 is 0 Å². The number of rotatable bonds is 6. The molecule has 2 N–H and O–H groups in total. The van der Waals surface area contributed by atoms with Gasteiger partial charge in [-0.2, -0.15) is 0 Å². The Balaban J connectivity index is 1.63. The highest BCUT2D eigenvalue weighted by molar-refractivity contribution is 9.10. The normalized spacial score (nSPS) is 11.4. The first-order valence-electron chi connectivity index (χ1n) is 9.08. The maximum absolute atomic E-state index is 12.5. The lowest BCUT2D eigenvalue weighted by Gasteiger charge is -2.14. The van der Waals surface area contributed by atoms with Crippen LogP contribution < -0.4 is 15.4 Å². The lowest BCUT2D eigenvalue weighted by molar-refractivity contribution is 0.0939. The van der Waals surface area contributed by atoms with E-state index in [1.165, 1.54) is 0 Å². The molecule has 3 aromatic rings. The van der Waals surface area contributed by atoms with E-state index < -0.39 is 0 Å². The van der Waals surface area contributed by atoms with Crippen LogP contribution in [0.15, 0.2) is 77.3 Å². The fourth-order valence-corrected chi connectivity index (χ4v) is 3.36. The maximum Gasteiger partial charge on any atom is 0.255 e. The highest BCUT2D eigenvalue weighted by Crippen LogP contribution is 2.26. The fraction of sp³-hybridized carbons (Fsp3) is 0.130. The van der Waals surface area contributed by atoms with Gasteiger partial charge in [0.25, 0.3) is 11.8 Å². The first-order valence-corrected chi connectivity index (χ1v) is 9.88. The van der Waals surface area contributed by atoms with Gasteiger partial charge in [0.2, 0.25) is 0 Å². The average Bonchev–Trinajstić information content (AvgIpc) is 2.74. The molecule has 2 amide bonds. The van der Waals surface area contributed by atoms with Crippen molar-refractivity contribution in [1.29, 1.82) is 0 Å². The number of anilines is 1. The van der Waals surface area contributed by atoms with Crippen molar-refractivity contribution in [2.75, 3.05) is 12.4 Å². The highest BCUT2D eigenvalue weighted by Gasteiger charge is 2.12. The molecule has 0 aliphatic rings. The second-order valence-corrected chi connectivity index (χ2v) is 7.34. The average molecular weight is 453 g/mol. The Hall–Kier alpha value is -3.12. The Morgan fingerprint density at radius 3 is 2.17 bits per heavy atom. The van der Waals surface area contributed by atoms with Gasteiger partial charge in [-0.25, -0.2) is 0 Å². The van der Waals surface area contributed by atoms with Gasteiger partial charge in [-0.1, -0.05) is 30.3 Å². The summed E-state index contributed by atoms with van der Waals surface area (Å²) in [6.45, 7) is 1.94. The molecule has 0 aliphatic carbocycles. The van der Waals surface area contributed by atoms with Crippen LogP contribution in [-0.2, 0) is 0 Å². The molecule has 0 aromatic heterocycles. The monoisotopic (exact) mass is 452 g/mol. The summed E-state index contributed by atoms with van der Waals surface area (Å²) < 4.78 is 5.87. The molecule has 148 valence electrons. The van der Waals surface area contributed by atoms with E-state index in [9.17, 15) is 9.59 Å². The lowest BCUT2D eigenvalue weighted by atomic mass is 10.1. The van der Waals surface area contributed by atoms with Gasteiger partial charge in [0.15, 0.2) is 0 Å². The minimum atomic E-state index is -0.247. The van der Waals surface area contributed by atoms with Crippen molar-refractivity contribution in [3.8, 4) is 5.75 Å². The highest BCUT2D eigenvalue weighted by atomic mass is 79.9. The molecule has 3 rings (SSSR count). The number of halogens is 1. The third-order valence-corrected chi connectivity index (χ3v) is 5.09. The number of carbonyl (C=O) groups excluding carboxylic acids is 2. The Kier molecular flexibility index (Phi) is 6.67. The van der Waals surface area contributed by atoms with Gasteiger partial charge in [-0.3, -0.25) is 9.59 Å². The largest absolute Gasteiger partial charge is 0.496 e. The van der Waals surface area contributed by atoms with E-state index in [1.54, 1.807) is 49.6 Å². The second-order valence-electron chi connectivity index (χ2n) is 6.49. The predicted molar refractivity (Wildman–Crippen MR) is 117 cm³/mol. The molecule has 3 aromatic carbocycles. The number of carbonyl (C=O) groups is 2. The van der Waals surface area contributed by atoms with Gasteiger partial charge < -0.3 is 15.4 Å². The van der Waals surface area contributed by atoms with Crippen molar-refractivity contribution in [2.45, 2.75) is 13.0 Å². The topological polar surface area (TPSA) is 67.4 Å². The Labute approximate surface area is 178 Å². The number of hydrogen-bond donors (Lipinski definition) is 2. The van der Waals surface area contributed by atoms with E-state index in [0.717, 1.165) is 5.56 Å². The van der Waals surface area contributed by atoms with Crippen LogP contribution in [0.2, 0.25) is 0 Å². The van der Waals surface area contributed by atoms with E-state index in [2.05, 4.69) is 26.6 Å². The third kappa shape index (κ3) is 5.23. The molecule has 0 aliphatic heterocycles. The number of hydrogen-bond acceptors (Lipinski definition) is 3. The second kappa shape index (κ2) is 9.39. The van der Waals surface area contributed by atoms with Crippen LogP contribution in [-0.4, -0.2) is 18.9 Å². The first-order chi connectivity index (χ1) is 14.0. The summed E-state index contributed by atoms with van der Waals surface area (Å²) >= 11 is 3.37. The molecule has 5 nitrogen and oxygen atoms in total. The minimum Gasteiger partial charge on any atom is -0.496 e. The summed E-state index contributed by atoms with van der Waals surface area (Å²) in [6, 6.07) is 21.6. The molecule has 0 spiro atoms. The molecule has 0 radical (unpaired) electrons. The summed E-state index contributed by atoms with van der Waals surface area (Å²) in [5.41, 5.74) is 2.67. The van der Waals surface area contributed by atoms with Crippen LogP contribution in [0.3, 0.4) is 0 Å². The van der Waals surface area contributed by atoms with Crippen molar-refractivity contribution >= 4 is 33.4 Å². The summed E-state index contributed by atoms with van der Waals surface area (Å²) in [5.74, 6) is 0.239. The van der Waals surface area contributed by atoms with Crippen molar-refractivity contribution in [3.05, 3.63) is 94.0 Å². The number of amides is 2. The van der Waals surface area contributed by atoms with Gasteiger partial charge in [-0.05, 0) is 70.9 Å². The molecule has 29 heavy (non-hydrogen) atoms. The first kappa shape index (κ1) is 20.6. The van der Waals surface area contributed by atoms with Crippen LogP contribution in [0, 0.1) is 0 Å². The molecule has 6 heteroatoms. The number of nitrogens with one attached hydrogen (secondary N) is 2. The fourth-order valence-electron chi connectivity index (χ4n) is 2.82. The summed E-state index contributed by atoms with van der Waals surface area (Å²) in [4.78, 5) is 24.9. The summed E-state index contributed by atoms with van der Waals surface area (Å²) in [5, 5.41) is 5.80. The molecule has 0 saturated carbocycles. The number of methoxy groups -OCH3 is 1. The lowest BCUT2D eigenvalue weighted by Crippen LogP contribution is -2.26.